The predicted molar refractivity (Wildman–Crippen MR) is 90.4 cm³/mol. The minimum atomic E-state index is -0.537. The van der Waals surface area contributed by atoms with Crippen LogP contribution in [0.1, 0.15) is 42.5 Å². The summed E-state index contributed by atoms with van der Waals surface area (Å²) >= 11 is 0. The van der Waals surface area contributed by atoms with E-state index in [4.69, 9.17) is 5.73 Å². The Morgan fingerprint density at radius 1 is 1.04 bits per heavy atom. The third-order valence-corrected chi connectivity index (χ3v) is 4.95. The fourth-order valence-corrected chi connectivity index (χ4v) is 3.61. The van der Waals surface area contributed by atoms with E-state index in [1.54, 1.807) is 12.1 Å². The number of nitrogens with two attached hydrogens (primary N) is 1. The summed E-state index contributed by atoms with van der Waals surface area (Å²) in [7, 11) is 0. The molecule has 1 aromatic rings. The molecule has 2 fully saturated rings. The Balaban J connectivity index is 1.54. The van der Waals surface area contributed by atoms with E-state index in [9.17, 15) is 19.2 Å². The second-order valence-corrected chi connectivity index (χ2v) is 6.57. The highest BCUT2D eigenvalue weighted by molar-refractivity contribution is 6.05. The molecular weight excluding hydrogens is 322 g/mol. The monoisotopic (exact) mass is 343 g/mol. The number of likely N-dealkylation sites (tertiary alicyclic amines) is 1. The van der Waals surface area contributed by atoms with Crippen LogP contribution < -0.4 is 11.1 Å². The second-order valence-electron chi connectivity index (χ2n) is 6.57. The molecule has 3 rings (SSSR count). The number of hydrogen-bond donors (Lipinski definition) is 2. The molecule has 132 valence electrons. The van der Waals surface area contributed by atoms with Crippen LogP contribution in [0.4, 0.5) is 5.69 Å². The van der Waals surface area contributed by atoms with Crippen molar-refractivity contribution in [3.05, 3.63) is 29.8 Å². The van der Waals surface area contributed by atoms with Gasteiger partial charge in [-0.3, -0.25) is 24.1 Å². The maximum Gasteiger partial charge on any atom is 0.248 e. The molecule has 0 aromatic heterocycles. The number of nitrogens with zero attached hydrogens (tertiary/aromatic N) is 1. The molecule has 1 heterocycles. The van der Waals surface area contributed by atoms with Crippen molar-refractivity contribution in [3.8, 4) is 0 Å². The van der Waals surface area contributed by atoms with Crippen LogP contribution in [0.15, 0.2) is 24.3 Å². The zero-order valence-electron chi connectivity index (χ0n) is 13.9. The molecule has 0 spiro atoms. The molecule has 0 bridgehead atoms. The van der Waals surface area contributed by atoms with Gasteiger partial charge in [-0.1, -0.05) is 12.8 Å². The minimum Gasteiger partial charge on any atom is -0.366 e. The van der Waals surface area contributed by atoms with Gasteiger partial charge in [0.2, 0.25) is 23.6 Å². The number of carbonyl (C=O) groups is 4. The van der Waals surface area contributed by atoms with E-state index in [1.807, 2.05) is 0 Å². The maximum absolute atomic E-state index is 12.4. The summed E-state index contributed by atoms with van der Waals surface area (Å²) in [5.74, 6) is -1.47. The number of imide groups is 1. The van der Waals surface area contributed by atoms with Crippen LogP contribution >= 0.6 is 0 Å². The van der Waals surface area contributed by atoms with Crippen LogP contribution in [0.25, 0.3) is 0 Å². The highest BCUT2D eigenvalue weighted by atomic mass is 16.2. The summed E-state index contributed by atoms with van der Waals surface area (Å²) in [6.45, 7) is 0.107. The van der Waals surface area contributed by atoms with E-state index in [2.05, 4.69) is 5.32 Å². The second kappa shape index (κ2) is 7.04. The molecule has 25 heavy (non-hydrogen) atoms. The first-order valence-electron chi connectivity index (χ1n) is 8.52. The van der Waals surface area contributed by atoms with E-state index < -0.39 is 5.91 Å². The standard InChI is InChI=1S/C18H21N3O4/c19-16(23)11-5-7-12(8-6-11)20-15(22)9-10-21-17(24)13-3-1-2-4-14(13)18(21)25/h5-8,13-14H,1-4,9-10H2,(H2,19,23)(H,20,22)/t13-,14+. The van der Waals surface area contributed by atoms with Crippen LogP contribution in [-0.2, 0) is 14.4 Å². The lowest BCUT2D eigenvalue weighted by Crippen LogP contribution is -2.34. The van der Waals surface area contributed by atoms with E-state index in [0.29, 0.717) is 11.3 Å². The van der Waals surface area contributed by atoms with E-state index in [-0.39, 0.29) is 42.5 Å². The molecule has 2 atom stereocenters. The van der Waals surface area contributed by atoms with Gasteiger partial charge < -0.3 is 11.1 Å². The molecule has 4 amide bonds. The van der Waals surface area contributed by atoms with E-state index in [1.165, 1.54) is 17.0 Å². The lowest BCUT2D eigenvalue weighted by atomic mass is 9.81. The molecule has 0 radical (unpaired) electrons. The van der Waals surface area contributed by atoms with E-state index >= 15 is 0 Å². The fraction of sp³-hybridized carbons (Fsp3) is 0.444. The van der Waals surface area contributed by atoms with Gasteiger partial charge in [-0.2, -0.15) is 0 Å². The molecule has 1 saturated heterocycles. The van der Waals surface area contributed by atoms with Crippen molar-refractivity contribution in [1.29, 1.82) is 0 Å². The average molecular weight is 343 g/mol. The fourth-order valence-electron chi connectivity index (χ4n) is 3.61. The minimum absolute atomic E-state index is 0.0501. The summed E-state index contributed by atoms with van der Waals surface area (Å²) in [6, 6.07) is 6.21. The van der Waals surface area contributed by atoms with Gasteiger partial charge in [-0.15, -0.1) is 0 Å². The molecule has 2 aliphatic rings. The van der Waals surface area contributed by atoms with Crippen LogP contribution in [0.2, 0.25) is 0 Å². The summed E-state index contributed by atoms with van der Waals surface area (Å²) in [5.41, 5.74) is 6.05. The molecule has 1 aliphatic heterocycles. The van der Waals surface area contributed by atoms with Gasteiger partial charge in [0.25, 0.3) is 0 Å². The van der Waals surface area contributed by atoms with Crippen LogP contribution in [-0.4, -0.2) is 35.1 Å². The number of nitrogens with one attached hydrogen (secondary N) is 1. The van der Waals surface area contributed by atoms with Crippen molar-refractivity contribution in [2.75, 3.05) is 11.9 Å². The SMILES string of the molecule is NC(=O)c1ccc(NC(=O)CCN2C(=O)[C@H]3CCCC[C@H]3C2=O)cc1. The quantitative estimate of drug-likeness (QED) is 0.785. The van der Waals surface area contributed by atoms with Crippen molar-refractivity contribution in [2.45, 2.75) is 32.1 Å². The Labute approximate surface area is 145 Å². The van der Waals surface area contributed by atoms with E-state index in [0.717, 1.165) is 25.7 Å². The first-order valence-corrected chi connectivity index (χ1v) is 8.52. The van der Waals surface area contributed by atoms with Crippen molar-refractivity contribution >= 4 is 29.3 Å². The molecule has 1 saturated carbocycles. The number of rotatable bonds is 5. The Hall–Kier alpha value is -2.70. The van der Waals surface area contributed by atoms with Gasteiger partial charge in [0, 0.05) is 24.2 Å². The van der Waals surface area contributed by atoms with Gasteiger partial charge >= 0.3 is 0 Å². The molecule has 3 N–H and O–H groups in total. The molecule has 1 aromatic carbocycles. The third kappa shape index (κ3) is 3.55. The molecule has 1 aliphatic carbocycles. The number of carbonyl (C=O) groups excluding carboxylic acids is 4. The predicted octanol–water partition coefficient (Wildman–Crippen LogP) is 1.29. The Morgan fingerprint density at radius 3 is 2.12 bits per heavy atom. The first-order chi connectivity index (χ1) is 12.0. The Bertz CT molecular complexity index is 690. The van der Waals surface area contributed by atoms with Crippen molar-refractivity contribution in [2.24, 2.45) is 17.6 Å². The summed E-state index contributed by atoms with van der Waals surface area (Å²) in [6.07, 6.45) is 3.55. The first kappa shape index (κ1) is 17.1. The Kier molecular flexibility index (Phi) is 4.83. The van der Waals surface area contributed by atoms with Crippen LogP contribution in [0.3, 0.4) is 0 Å². The van der Waals surface area contributed by atoms with Gasteiger partial charge in [0.1, 0.15) is 0 Å². The number of hydrogen-bond acceptors (Lipinski definition) is 4. The highest BCUT2D eigenvalue weighted by Crippen LogP contribution is 2.37. The zero-order chi connectivity index (χ0) is 18.0. The zero-order valence-corrected chi connectivity index (χ0v) is 13.9. The number of fused-ring (bicyclic) bond motifs is 1. The number of anilines is 1. The smallest absolute Gasteiger partial charge is 0.248 e. The topological polar surface area (TPSA) is 110 Å². The largest absolute Gasteiger partial charge is 0.366 e. The normalized spacial score (nSPS) is 22.6. The average Bonchev–Trinajstić information content (AvgIpc) is 2.85. The van der Waals surface area contributed by atoms with Crippen molar-refractivity contribution in [3.63, 3.8) is 0 Å². The van der Waals surface area contributed by atoms with Crippen LogP contribution in [0, 0.1) is 11.8 Å². The number of amides is 4. The van der Waals surface area contributed by atoms with Gasteiger partial charge in [0.05, 0.1) is 11.8 Å². The van der Waals surface area contributed by atoms with Gasteiger partial charge in [0.15, 0.2) is 0 Å². The summed E-state index contributed by atoms with van der Waals surface area (Å²) in [4.78, 5) is 49.0. The van der Waals surface area contributed by atoms with Crippen LogP contribution in [0.5, 0.6) is 0 Å². The molecule has 0 unspecified atom stereocenters. The van der Waals surface area contributed by atoms with Gasteiger partial charge in [-0.05, 0) is 37.1 Å². The maximum atomic E-state index is 12.4. The highest BCUT2D eigenvalue weighted by Gasteiger charge is 2.47. The number of primary amides is 1. The molecule has 7 heteroatoms. The number of benzene rings is 1. The Morgan fingerprint density at radius 2 is 1.60 bits per heavy atom. The third-order valence-electron chi connectivity index (χ3n) is 4.95. The molecular formula is C18H21N3O4. The summed E-state index contributed by atoms with van der Waals surface area (Å²) in [5, 5.41) is 2.68. The summed E-state index contributed by atoms with van der Waals surface area (Å²) < 4.78 is 0. The lowest BCUT2D eigenvalue weighted by Gasteiger charge is -2.19. The van der Waals surface area contributed by atoms with Crippen molar-refractivity contribution in [1.82, 2.24) is 4.90 Å². The van der Waals surface area contributed by atoms with Crippen molar-refractivity contribution < 1.29 is 19.2 Å². The van der Waals surface area contributed by atoms with Gasteiger partial charge in [-0.25, -0.2) is 0 Å². The lowest BCUT2D eigenvalue weighted by molar-refractivity contribution is -0.140. The molecule has 7 nitrogen and oxygen atoms in total.